The lowest BCUT2D eigenvalue weighted by Gasteiger charge is -2.39. The summed E-state index contributed by atoms with van der Waals surface area (Å²) < 4.78 is 13.6. The van der Waals surface area contributed by atoms with Crippen LogP contribution in [0, 0.1) is 11.3 Å². The molecular weight excluding hydrogens is 173 g/mol. The number of piperidine rings is 1. The van der Waals surface area contributed by atoms with E-state index in [9.17, 15) is 9.18 Å². The van der Waals surface area contributed by atoms with E-state index in [-0.39, 0.29) is 5.92 Å². The van der Waals surface area contributed by atoms with Gasteiger partial charge < -0.3 is 10.0 Å². The molecule has 0 aromatic heterocycles. The summed E-state index contributed by atoms with van der Waals surface area (Å²) in [7, 11) is 0. The molecule has 0 amide bonds. The third-order valence-corrected chi connectivity index (χ3v) is 3.65. The van der Waals surface area contributed by atoms with Crippen molar-refractivity contribution < 1.29 is 14.3 Å². The van der Waals surface area contributed by atoms with Crippen LogP contribution in [0.15, 0.2) is 0 Å². The fourth-order valence-electron chi connectivity index (χ4n) is 2.47. The Balaban J connectivity index is 2.29. The topological polar surface area (TPSA) is 40.5 Å². The molecule has 0 aromatic rings. The van der Waals surface area contributed by atoms with E-state index in [0.29, 0.717) is 6.54 Å². The summed E-state index contributed by atoms with van der Waals surface area (Å²) in [6, 6.07) is 0. The second-order valence-electron chi connectivity index (χ2n) is 4.30. The van der Waals surface area contributed by atoms with Crippen molar-refractivity contribution in [3.05, 3.63) is 0 Å². The average Bonchev–Trinajstić information content (AvgIpc) is 2.46. The number of alkyl halides is 1. The Hall–Kier alpha value is -0.640. The second-order valence-corrected chi connectivity index (χ2v) is 4.30. The fraction of sp³-hybridized carbons (Fsp3) is 0.889. The number of aliphatic carboxylic acids is 1. The van der Waals surface area contributed by atoms with Crippen LogP contribution in [0.25, 0.3) is 0 Å². The minimum absolute atomic E-state index is 0.00579. The van der Waals surface area contributed by atoms with Gasteiger partial charge in [-0.25, -0.2) is 4.39 Å². The predicted molar refractivity (Wildman–Crippen MR) is 45.2 cm³/mol. The van der Waals surface area contributed by atoms with Crippen molar-refractivity contribution in [2.24, 2.45) is 11.3 Å². The molecule has 3 nitrogen and oxygen atoms in total. The van der Waals surface area contributed by atoms with Gasteiger partial charge in [-0.15, -0.1) is 0 Å². The first kappa shape index (κ1) is 8.94. The Morgan fingerprint density at radius 1 is 1.62 bits per heavy atom. The number of carboxylic acid groups (broad SMARTS) is 1. The molecule has 0 aliphatic carbocycles. The predicted octanol–water partition coefficient (Wildman–Crippen LogP) is 0.751. The molecule has 0 saturated carbocycles. The first-order valence-electron chi connectivity index (χ1n) is 4.65. The molecule has 1 N–H and O–H groups in total. The zero-order valence-electron chi connectivity index (χ0n) is 7.66. The van der Waals surface area contributed by atoms with E-state index in [1.807, 2.05) is 4.90 Å². The molecule has 2 saturated heterocycles. The van der Waals surface area contributed by atoms with E-state index < -0.39 is 17.6 Å². The lowest BCUT2D eigenvalue weighted by Crippen LogP contribution is -2.52. The maximum absolute atomic E-state index is 13.6. The largest absolute Gasteiger partial charge is 0.481 e. The van der Waals surface area contributed by atoms with Gasteiger partial charge in [0.05, 0.1) is 0 Å². The first-order chi connectivity index (χ1) is 6.05. The monoisotopic (exact) mass is 187 g/mol. The maximum Gasteiger partial charge on any atom is 0.312 e. The number of fused-ring (bicyclic) bond motifs is 2. The number of carbonyl (C=O) groups is 1. The third-order valence-electron chi connectivity index (χ3n) is 3.65. The molecule has 13 heavy (non-hydrogen) atoms. The number of rotatable bonds is 1. The van der Waals surface area contributed by atoms with Gasteiger partial charge in [-0.2, -0.15) is 0 Å². The second kappa shape index (κ2) is 2.67. The molecule has 2 aliphatic rings. The minimum Gasteiger partial charge on any atom is -0.481 e. The molecule has 2 fully saturated rings. The summed E-state index contributed by atoms with van der Waals surface area (Å²) in [6.45, 7) is 3.45. The van der Waals surface area contributed by atoms with Gasteiger partial charge in [0.15, 0.2) is 0 Å². The SMILES string of the molecule is CC1(C(=O)O)C(F)CN2CCC1C2. The summed E-state index contributed by atoms with van der Waals surface area (Å²) in [6.07, 6.45) is -0.394. The van der Waals surface area contributed by atoms with E-state index >= 15 is 0 Å². The van der Waals surface area contributed by atoms with Crippen molar-refractivity contribution >= 4 is 5.97 Å². The minimum atomic E-state index is -1.22. The quantitative estimate of drug-likeness (QED) is 0.658. The highest BCUT2D eigenvalue weighted by molar-refractivity contribution is 5.75. The fourth-order valence-corrected chi connectivity index (χ4v) is 2.47. The van der Waals surface area contributed by atoms with Gasteiger partial charge in [-0.3, -0.25) is 4.79 Å². The Labute approximate surface area is 76.5 Å². The van der Waals surface area contributed by atoms with Gasteiger partial charge in [-0.1, -0.05) is 0 Å². The molecule has 2 rings (SSSR count). The van der Waals surface area contributed by atoms with E-state index in [2.05, 4.69) is 0 Å². The molecule has 4 unspecified atom stereocenters. The van der Waals surface area contributed by atoms with E-state index in [1.165, 1.54) is 0 Å². The van der Waals surface area contributed by atoms with Crippen molar-refractivity contribution in [3.63, 3.8) is 0 Å². The van der Waals surface area contributed by atoms with Gasteiger partial charge in [0.2, 0.25) is 0 Å². The molecule has 0 spiro atoms. The van der Waals surface area contributed by atoms with Crippen LogP contribution in [0.2, 0.25) is 0 Å². The van der Waals surface area contributed by atoms with Crippen LogP contribution in [0.1, 0.15) is 13.3 Å². The molecular formula is C9H14FNO2. The molecule has 4 atom stereocenters. The highest BCUT2D eigenvalue weighted by atomic mass is 19.1. The smallest absolute Gasteiger partial charge is 0.312 e. The average molecular weight is 187 g/mol. The van der Waals surface area contributed by atoms with E-state index in [1.54, 1.807) is 6.92 Å². The van der Waals surface area contributed by atoms with E-state index in [4.69, 9.17) is 5.11 Å². The molecule has 2 aliphatic heterocycles. The Bertz CT molecular complexity index is 246. The molecule has 2 heterocycles. The van der Waals surface area contributed by atoms with Gasteiger partial charge in [-0.05, 0) is 25.8 Å². The summed E-state index contributed by atoms with van der Waals surface area (Å²) in [5, 5.41) is 9.03. The standard InChI is InChI=1S/C9H14FNO2/c1-9(8(12)13)6-2-3-11(4-6)5-7(9)10/h6-7H,2-5H2,1H3,(H,12,13). The number of hydrogen-bond acceptors (Lipinski definition) is 2. The van der Waals surface area contributed by atoms with Crippen molar-refractivity contribution in [3.8, 4) is 0 Å². The Kier molecular flexibility index (Phi) is 1.84. The molecule has 0 radical (unpaired) electrons. The van der Waals surface area contributed by atoms with Crippen molar-refractivity contribution in [1.29, 1.82) is 0 Å². The summed E-state index contributed by atoms with van der Waals surface area (Å²) in [4.78, 5) is 13.0. The lowest BCUT2D eigenvalue weighted by molar-refractivity contribution is -0.159. The van der Waals surface area contributed by atoms with Crippen LogP contribution in [0.3, 0.4) is 0 Å². The first-order valence-corrected chi connectivity index (χ1v) is 4.65. The normalized spacial score (nSPS) is 49.2. The van der Waals surface area contributed by atoms with Crippen LogP contribution >= 0.6 is 0 Å². The molecule has 74 valence electrons. The highest BCUT2D eigenvalue weighted by Crippen LogP contribution is 2.43. The van der Waals surface area contributed by atoms with Crippen LogP contribution in [0.5, 0.6) is 0 Å². The zero-order chi connectivity index (χ0) is 9.64. The summed E-state index contributed by atoms with van der Waals surface area (Å²) >= 11 is 0. The number of hydrogen-bond donors (Lipinski definition) is 1. The lowest BCUT2D eigenvalue weighted by atomic mass is 9.71. The van der Waals surface area contributed by atoms with Crippen molar-refractivity contribution in [2.45, 2.75) is 19.5 Å². The highest BCUT2D eigenvalue weighted by Gasteiger charge is 2.54. The van der Waals surface area contributed by atoms with Crippen LogP contribution in [-0.2, 0) is 4.79 Å². The van der Waals surface area contributed by atoms with Crippen LogP contribution in [0.4, 0.5) is 4.39 Å². The van der Waals surface area contributed by atoms with E-state index in [0.717, 1.165) is 19.5 Å². The maximum atomic E-state index is 13.6. The Morgan fingerprint density at radius 2 is 2.31 bits per heavy atom. The summed E-state index contributed by atoms with van der Waals surface area (Å²) in [5.74, 6) is -0.986. The molecule has 4 heteroatoms. The van der Waals surface area contributed by atoms with Crippen LogP contribution in [-0.4, -0.2) is 41.8 Å². The zero-order valence-corrected chi connectivity index (χ0v) is 7.66. The summed E-state index contributed by atoms with van der Waals surface area (Å²) in [5.41, 5.74) is -1.15. The van der Waals surface area contributed by atoms with Gasteiger partial charge >= 0.3 is 5.97 Å². The van der Waals surface area contributed by atoms with Crippen LogP contribution < -0.4 is 0 Å². The number of halogens is 1. The number of nitrogens with zero attached hydrogens (tertiary/aromatic N) is 1. The Morgan fingerprint density at radius 3 is 2.92 bits per heavy atom. The van der Waals surface area contributed by atoms with Gasteiger partial charge in [0.25, 0.3) is 0 Å². The van der Waals surface area contributed by atoms with Crippen molar-refractivity contribution in [2.75, 3.05) is 19.6 Å². The molecule has 0 aromatic carbocycles. The van der Waals surface area contributed by atoms with Crippen molar-refractivity contribution in [1.82, 2.24) is 4.90 Å². The number of carboxylic acids is 1. The van der Waals surface area contributed by atoms with Gasteiger partial charge in [0.1, 0.15) is 11.6 Å². The third kappa shape index (κ3) is 1.08. The van der Waals surface area contributed by atoms with Gasteiger partial charge in [0, 0.05) is 13.1 Å². The molecule has 2 bridgehead atoms.